The second-order valence-electron chi connectivity index (χ2n) is 8.76. The number of Topliss-reactive ketones (excluding diaryl/α,β-unsaturated/α-hetero) is 1. The second-order valence-corrected chi connectivity index (χ2v) is 8.76. The number of H-pyrrole nitrogens is 2. The molecule has 0 spiro atoms. The third-order valence-electron chi connectivity index (χ3n) is 6.48. The number of carbonyl (C=O) groups excluding carboxylic acids is 1. The van der Waals surface area contributed by atoms with Gasteiger partial charge in [0.25, 0.3) is 0 Å². The maximum atomic E-state index is 13.4. The first-order chi connectivity index (χ1) is 15.7. The van der Waals surface area contributed by atoms with Gasteiger partial charge in [0.05, 0.1) is 11.1 Å². The number of hydrogen-bond donors (Lipinski definition) is 2. The summed E-state index contributed by atoms with van der Waals surface area (Å²) in [4.78, 5) is 19.3. The zero-order valence-electron chi connectivity index (χ0n) is 18.8. The summed E-state index contributed by atoms with van der Waals surface area (Å²) in [5, 5.41) is 0.601. The van der Waals surface area contributed by atoms with Crippen LogP contribution < -0.4 is 0 Å². The summed E-state index contributed by atoms with van der Waals surface area (Å²) in [5.41, 5.74) is 1.02. The second kappa shape index (κ2) is 7.92. The molecule has 0 bridgehead atoms. The van der Waals surface area contributed by atoms with Gasteiger partial charge in [0.2, 0.25) is 0 Å². The summed E-state index contributed by atoms with van der Waals surface area (Å²) >= 11 is 0. The lowest BCUT2D eigenvalue weighted by Gasteiger charge is -2.17. The van der Waals surface area contributed by atoms with E-state index < -0.39 is 35.3 Å². The molecule has 2 atom stereocenters. The number of benzene rings is 2. The van der Waals surface area contributed by atoms with E-state index in [0.29, 0.717) is 44.1 Å². The Morgan fingerprint density at radius 1 is 0.706 bits per heavy atom. The van der Waals surface area contributed by atoms with E-state index in [-0.39, 0.29) is 5.78 Å². The van der Waals surface area contributed by atoms with Gasteiger partial charge in [0.1, 0.15) is 5.78 Å². The van der Waals surface area contributed by atoms with Crippen LogP contribution in [-0.4, -0.2) is 15.8 Å². The molecule has 34 heavy (non-hydrogen) atoms. The van der Waals surface area contributed by atoms with Gasteiger partial charge >= 0.3 is 12.4 Å². The molecular weight excluding hydrogens is 458 g/mol. The highest BCUT2D eigenvalue weighted by atomic mass is 19.4. The van der Waals surface area contributed by atoms with Crippen molar-refractivity contribution in [1.82, 2.24) is 9.97 Å². The minimum absolute atomic E-state index is 0.300. The Kier molecular flexibility index (Phi) is 5.57. The number of alkyl halides is 6. The quantitative estimate of drug-likeness (QED) is 0.288. The fourth-order valence-corrected chi connectivity index (χ4v) is 4.59. The average Bonchev–Trinajstić information content (AvgIpc) is 3.35. The Morgan fingerprint density at radius 3 is 1.38 bits per heavy atom. The molecule has 2 aromatic carbocycles. The first-order valence-corrected chi connectivity index (χ1v) is 10.6. The van der Waals surface area contributed by atoms with Crippen LogP contribution in [0.2, 0.25) is 0 Å². The van der Waals surface area contributed by atoms with Gasteiger partial charge in [-0.25, -0.2) is 0 Å². The van der Waals surface area contributed by atoms with Gasteiger partial charge in [0.15, 0.2) is 0 Å². The molecule has 0 radical (unpaired) electrons. The van der Waals surface area contributed by atoms with Crippen LogP contribution in [-0.2, 0) is 17.1 Å². The van der Waals surface area contributed by atoms with Gasteiger partial charge in [-0.15, -0.1) is 0 Å². The SMILES string of the molecule is Cc1cc(C(F)(F)F)cc2c(C(C)C(=O)C(C)c3c[nH]c4c(C)cc(C(F)(F)F)cc34)c[nH]c12. The maximum absolute atomic E-state index is 13.4. The molecule has 4 rings (SSSR count). The number of rotatable bonds is 4. The number of halogens is 6. The lowest BCUT2D eigenvalue weighted by Crippen LogP contribution is -2.16. The lowest BCUT2D eigenvalue weighted by atomic mass is 9.85. The third kappa shape index (κ3) is 3.97. The lowest BCUT2D eigenvalue weighted by molar-refractivity contribution is -0.138. The summed E-state index contributed by atoms with van der Waals surface area (Å²) in [6.45, 7) is 6.30. The smallest absolute Gasteiger partial charge is 0.361 e. The van der Waals surface area contributed by atoms with Crippen LogP contribution in [0.25, 0.3) is 21.8 Å². The molecule has 9 heteroatoms. The molecule has 0 aliphatic rings. The topological polar surface area (TPSA) is 48.6 Å². The summed E-state index contributed by atoms with van der Waals surface area (Å²) in [6, 6.07) is 4.13. The molecule has 2 heterocycles. The van der Waals surface area contributed by atoms with Crippen LogP contribution in [0.1, 0.15) is 59.1 Å². The minimum Gasteiger partial charge on any atom is -0.361 e. The summed E-state index contributed by atoms with van der Waals surface area (Å²) < 4.78 is 80.1. The highest BCUT2D eigenvalue weighted by Gasteiger charge is 2.34. The number of fused-ring (bicyclic) bond motifs is 2. The van der Waals surface area contributed by atoms with E-state index in [1.165, 1.54) is 12.4 Å². The number of hydrogen-bond acceptors (Lipinski definition) is 1. The van der Waals surface area contributed by atoms with E-state index in [1.807, 2.05) is 0 Å². The summed E-state index contributed by atoms with van der Waals surface area (Å²) in [7, 11) is 0. The van der Waals surface area contributed by atoms with Gasteiger partial charge in [0, 0.05) is 46.0 Å². The molecule has 0 amide bonds. The van der Waals surface area contributed by atoms with Gasteiger partial charge in [-0.1, -0.05) is 13.8 Å². The Labute approximate surface area is 191 Å². The van der Waals surface area contributed by atoms with E-state index in [1.54, 1.807) is 27.7 Å². The molecule has 0 fully saturated rings. The molecular formula is C25H22F6N2O. The number of nitrogens with one attached hydrogen (secondary N) is 2. The molecule has 3 nitrogen and oxygen atoms in total. The molecule has 0 saturated heterocycles. The average molecular weight is 480 g/mol. The van der Waals surface area contributed by atoms with E-state index >= 15 is 0 Å². The Balaban J connectivity index is 1.75. The predicted octanol–water partition coefficient (Wildman–Crippen LogP) is 7.78. The summed E-state index contributed by atoms with van der Waals surface area (Å²) in [5.74, 6) is -1.89. The number of carbonyl (C=O) groups is 1. The van der Waals surface area contributed by atoms with Crippen LogP contribution in [0.3, 0.4) is 0 Å². The van der Waals surface area contributed by atoms with Crippen LogP contribution in [0.15, 0.2) is 36.7 Å². The molecule has 0 saturated carbocycles. The molecule has 180 valence electrons. The van der Waals surface area contributed by atoms with E-state index in [4.69, 9.17) is 0 Å². The van der Waals surface area contributed by atoms with Gasteiger partial charge in [-0.05, 0) is 60.4 Å². The molecule has 4 aromatic rings. The Morgan fingerprint density at radius 2 is 1.06 bits per heavy atom. The highest BCUT2D eigenvalue weighted by Crippen LogP contribution is 2.39. The first-order valence-electron chi connectivity index (χ1n) is 10.6. The van der Waals surface area contributed by atoms with Crippen molar-refractivity contribution in [3.05, 3.63) is 70.0 Å². The standard InChI is InChI=1S/C25H22F6N2O/c1-11-5-15(24(26,27)28)7-17-19(9-32-21(11)17)13(3)23(34)14(4)20-10-33-22-12(2)6-16(8-18(20)22)25(29,30)31/h5-10,13-14,32-33H,1-4H3. The van der Waals surface area contributed by atoms with Gasteiger partial charge in [-0.3, -0.25) is 4.79 Å². The van der Waals surface area contributed by atoms with Crippen LogP contribution >= 0.6 is 0 Å². The van der Waals surface area contributed by atoms with Gasteiger partial charge in [-0.2, -0.15) is 26.3 Å². The molecule has 0 aliphatic carbocycles. The Bertz CT molecular complexity index is 1300. The van der Waals surface area contributed by atoms with Crippen molar-refractivity contribution in [3.8, 4) is 0 Å². The van der Waals surface area contributed by atoms with Crippen molar-refractivity contribution in [3.63, 3.8) is 0 Å². The zero-order valence-corrected chi connectivity index (χ0v) is 18.8. The van der Waals surface area contributed by atoms with Crippen molar-refractivity contribution >= 4 is 27.6 Å². The van der Waals surface area contributed by atoms with Gasteiger partial charge < -0.3 is 9.97 Å². The maximum Gasteiger partial charge on any atom is 0.416 e. The summed E-state index contributed by atoms with van der Waals surface area (Å²) in [6.07, 6.45) is -6.03. The first kappa shape index (κ1) is 23.9. The monoisotopic (exact) mass is 480 g/mol. The number of aromatic nitrogens is 2. The third-order valence-corrected chi connectivity index (χ3v) is 6.48. The van der Waals surface area contributed by atoms with E-state index in [2.05, 4.69) is 9.97 Å². The largest absolute Gasteiger partial charge is 0.416 e. The highest BCUT2D eigenvalue weighted by molar-refractivity contribution is 6.00. The van der Waals surface area contributed by atoms with Crippen molar-refractivity contribution in [2.24, 2.45) is 0 Å². The number of ketones is 1. The number of aryl methyl sites for hydroxylation is 2. The zero-order chi connectivity index (χ0) is 25.2. The fraction of sp³-hybridized carbons (Fsp3) is 0.320. The molecule has 2 N–H and O–H groups in total. The predicted molar refractivity (Wildman–Crippen MR) is 118 cm³/mol. The Hall–Kier alpha value is -3.23. The molecule has 2 unspecified atom stereocenters. The van der Waals surface area contributed by atoms with Crippen molar-refractivity contribution in [1.29, 1.82) is 0 Å². The van der Waals surface area contributed by atoms with Crippen molar-refractivity contribution in [2.45, 2.75) is 51.9 Å². The number of aromatic amines is 2. The molecule has 2 aromatic heterocycles. The normalized spacial score (nSPS) is 14.6. The van der Waals surface area contributed by atoms with Crippen LogP contribution in [0, 0.1) is 13.8 Å². The van der Waals surface area contributed by atoms with Crippen molar-refractivity contribution < 1.29 is 31.1 Å². The van der Waals surface area contributed by atoms with E-state index in [0.717, 1.165) is 24.3 Å². The minimum atomic E-state index is -4.54. The molecule has 0 aliphatic heterocycles. The van der Waals surface area contributed by atoms with E-state index in [9.17, 15) is 31.1 Å². The fourth-order valence-electron chi connectivity index (χ4n) is 4.59. The van der Waals surface area contributed by atoms with Crippen LogP contribution in [0.4, 0.5) is 26.3 Å². The van der Waals surface area contributed by atoms with Crippen LogP contribution in [0.5, 0.6) is 0 Å². The van der Waals surface area contributed by atoms with Crippen molar-refractivity contribution in [2.75, 3.05) is 0 Å².